The van der Waals surface area contributed by atoms with Crippen molar-refractivity contribution in [1.82, 2.24) is 4.90 Å². The zero-order valence-electron chi connectivity index (χ0n) is 9.62. The minimum atomic E-state index is -0.600. The van der Waals surface area contributed by atoms with Gasteiger partial charge in [-0.3, -0.25) is 4.79 Å². The van der Waals surface area contributed by atoms with Gasteiger partial charge in [0, 0.05) is 17.6 Å². The molecule has 1 aromatic rings. The maximum absolute atomic E-state index is 12.0. The van der Waals surface area contributed by atoms with E-state index in [2.05, 4.69) is 5.92 Å². The van der Waals surface area contributed by atoms with Gasteiger partial charge < -0.3 is 4.90 Å². The Bertz CT molecular complexity index is 428. The van der Waals surface area contributed by atoms with Crippen molar-refractivity contribution in [2.24, 2.45) is 0 Å². The maximum atomic E-state index is 12.0. The molecule has 0 aliphatic heterocycles. The monoisotopic (exact) mass is 235 g/mol. The molecule has 0 aliphatic carbocycles. The van der Waals surface area contributed by atoms with Crippen molar-refractivity contribution < 1.29 is 4.79 Å². The number of nitrogens with zero attached hydrogens (tertiary/aromatic N) is 1. The zero-order chi connectivity index (χ0) is 12.3. The van der Waals surface area contributed by atoms with Crippen LogP contribution in [0.3, 0.4) is 0 Å². The Balaban J connectivity index is 2.96. The van der Waals surface area contributed by atoms with E-state index in [-0.39, 0.29) is 5.91 Å². The van der Waals surface area contributed by atoms with Gasteiger partial charge in [0.1, 0.15) is 0 Å². The van der Waals surface area contributed by atoms with Crippen LogP contribution in [0, 0.1) is 12.3 Å². The second kappa shape index (κ2) is 4.59. The summed E-state index contributed by atoms with van der Waals surface area (Å²) in [4.78, 5) is 13.6. The first kappa shape index (κ1) is 12.6. The summed E-state index contributed by atoms with van der Waals surface area (Å²) in [5, 5.41) is 0.607. The number of rotatable bonds is 2. The van der Waals surface area contributed by atoms with E-state index in [1.807, 2.05) is 13.8 Å². The molecule has 0 fully saturated rings. The smallest absolute Gasteiger partial charge is 0.254 e. The van der Waals surface area contributed by atoms with Crippen molar-refractivity contribution in [3.05, 3.63) is 34.9 Å². The molecule has 0 radical (unpaired) electrons. The molecule has 0 atom stereocenters. The molecule has 1 amide bonds. The summed E-state index contributed by atoms with van der Waals surface area (Å²) < 4.78 is 0. The van der Waals surface area contributed by atoms with Crippen LogP contribution in [0.1, 0.15) is 24.2 Å². The number of carbonyl (C=O) groups excluding carboxylic acids is 1. The Morgan fingerprint density at radius 3 is 2.31 bits per heavy atom. The van der Waals surface area contributed by atoms with E-state index in [9.17, 15) is 4.79 Å². The summed E-state index contributed by atoms with van der Waals surface area (Å²) in [6, 6.07) is 6.75. The van der Waals surface area contributed by atoms with Gasteiger partial charge in [-0.1, -0.05) is 17.5 Å². The molecule has 0 bridgehead atoms. The molecule has 3 heteroatoms. The Morgan fingerprint density at radius 1 is 1.38 bits per heavy atom. The molecule has 16 heavy (non-hydrogen) atoms. The normalized spacial score (nSPS) is 10.7. The average molecular weight is 236 g/mol. The summed E-state index contributed by atoms with van der Waals surface area (Å²) in [6.45, 7) is 3.64. The number of hydrogen-bond acceptors (Lipinski definition) is 1. The van der Waals surface area contributed by atoms with Crippen LogP contribution in [-0.2, 0) is 0 Å². The largest absolute Gasteiger partial charge is 0.326 e. The Labute approximate surface area is 101 Å². The predicted octanol–water partition coefficient (Wildman–Crippen LogP) is 2.82. The van der Waals surface area contributed by atoms with Crippen LogP contribution in [0.4, 0.5) is 0 Å². The van der Waals surface area contributed by atoms with Crippen LogP contribution < -0.4 is 0 Å². The van der Waals surface area contributed by atoms with E-state index in [1.54, 1.807) is 31.3 Å². The van der Waals surface area contributed by atoms with Gasteiger partial charge in [-0.05, 0) is 38.1 Å². The first-order valence-corrected chi connectivity index (χ1v) is 5.28. The lowest BCUT2D eigenvalue weighted by molar-refractivity contribution is 0.0701. The Kier molecular flexibility index (Phi) is 3.62. The molecule has 0 unspecified atom stereocenters. The second-order valence-corrected chi connectivity index (χ2v) is 4.51. The Hall–Kier alpha value is -1.46. The molecule has 1 aromatic carbocycles. The molecule has 0 N–H and O–H groups in total. The van der Waals surface area contributed by atoms with E-state index >= 15 is 0 Å². The van der Waals surface area contributed by atoms with E-state index in [1.165, 1.54) is 4.90 Å². The summed E-state index contributed by atoms with van der Waals surface area (Å²) in [5.41, 5.74) is -0.0216. The fourth-order valence-corrected chi connectivity index (χ4v) is 1.26. The van der Waals surface area contributed by atoms with Crippen LogP contribution in [0.15, 0.2) is 24.3 Å². The molecule has 0 saturated heterocycles. The fraction of sp³-hybridized carbons (Fsp3) is 0.308. The van der Waals surface area contributed by atoms with Crippen molar-refractivity contribution >= 4 is 17.5 Å². The SMILES string of the molecule is C#CC(C)(C)N(C)C(=O)c1ccc(Cl)cc1. The van der Waals surface area contributed by atoms with Gasteiger partial charge in [-0.15, -0.1) is 6.42 Å². The van der Waals surface area contributed by atoms with E-state index in [0.29, 0.717) is 10.6 Å². The topological polar surface area (TPSA) is 20.3 Å². The molecule has 2 nitrogen and oxygen atoms in total. The van der Waals surface area contributed by atoms with Gasteiger partial charge in [0.25, 0.3) is 5.91 Å². The molecule has 0 heterocycles. The third-order valence-electron chi connectivity index (χ3n) is 2.59. The highest BCUT2D eigenvalue weighted by Gasteiger charge is 2.25. The number of amides is 1. The van der Waals surface area contributed by atoms with Crippen molar-refractivity contribution in [1.29, 1.82) is 0 Å². The minimum absolute atomic E-state index is 0.111. The molecule has 0 aromatic heterocycles. The van der Waals surface area contributed by atoms with Gasteiger partial charge in [-0.25, -0.2) is 0 Å². The minimum Gasteiger partial charge on any atom is -0.326 e. The van der Waals surface area contributed by atoms with Gasteiger partial charge in [0.2, 0.25) is 0 Å². The highest BCUT2D eigenvalue weighted by molar-refractivity contribution is 6.30. The molecular weight excluding hydrogens is 222 g/mol. The van der Waals surface area contributed by atoms with Crippen molar-refractivity contribution in [3.8, 4) is 12.3 Å². The van der Waals surface area contributed by atoms with Gasteiger partial charge in [-0.2, -0.15) is 0 Å². The maximum Gasteiger partial charge on any atom is 0.254 e. The summed E-state index contributed by atoms with van der Waals surface area (Å²) in [6.07, 6.45) is 5.38. The van der Waals surface area contributed by atoms with Crippen molar-refractivity contribution in [3.63, 3.8) is 0 Å². The second-order valence-electron chi connectivity index (χ2n) is 4.07. The third-order valence-corrected chi connectivity index (χ3v) is 2.84. The van der Waals surface area contributed by atoms with Crippen LogP contribution in [-0.4, -0.2) is 23.4 Å². The van der Waals surface area contributed by atoms with E-state index < -0.39 is 5.54 Å². The molecule has 0 aliphatic rings. The van der Waals surface area contributed by atoms with Gasteiger partial charge >= 0.3 is 0 Å². The standard InChI is InChI=1S/C13H14ClNO/c1-5-13(2,3)15(4)12(16)10-6-8-11(14)9-7-10/h1,6-9H,2-4H3. The van der Waals surface area contributed by atoms with E-state index in [0.717, 1.165) is 0 Å². The van der Waals surface area contributed by atoms with Crippen LogP contribution in [0.5, 0.6) is 0 Å². The predicted molar refractivity (Wildman–Crippen MR) is 66.5 cm³/mol. The van der Waals surface area contributed by atoms with Crippen molar-refractivity contribution in [2.75, 3.05) is 7.05 Å². The van der Waals surface area contributed by atoms with Crippen molar-refractivity contribution in [2.45, 2.75) is 19.4 Å². The number of hydrogen-bond donors (Lipinski definition) is 0. The molecule has 1 rings (SSSR count). The summed E-state index contributed by atoms with van der Waals surface area (Å²) in [7, 11) is 1.69. The summed E-state index contributed by atoms with van der Waals surface area (Å²) in [5.74, 6) is 2.47. The summed E-state index contributed by atoms with van der Waals surface area (Å²) >= 11 is 5.76. The lowest BCUT2D eigenvalue weighted by atomic mass is 10.0. The number of terminal acetylenes is 1. The molecule has 0 saturated carbocycles. The lowest BCUT2D eigenvalue weighted by Gasteiger charge is -2.30. The molecular formula is C13H14ClNO. The van der Waals surface area contributed by atoms with Crippen LogP contribution in [0.25, 0.3) is 0 Å². The highest BCUT2D eigenvalue weighted by Crippen LogP contribution is 2.16. The Morgan fingerprint density at radius 2 is 1.88 bits per heavy atom. The van der Waals surface area contributed by atoms with E-state index in [4.69, 9.17) is 18.0 Å². The quantitative estimate of drug-likeness (QED) is 0.722. The van der Waals surface area contributed by atoms with Crippen LogP contribution in [0.2, 0.25) is 5.02 Å². The molecule has 84 valence electrons. The zero-order valence-corrected chi connectivity index (χ0v) is 10.4. The number of carbonyl (C=O) groups is 1. The van der Waals surface area contributed by atoms with Gasteiger partial charge in [0.15, 0.2) is 0 Å². The first-order valence-electron chi connectivity index (χ1n) is 4.90. The number of halogens is 1. The highest BCUT2D eigenvalue weighted by atomic mass is 35.5. The third kappa shape index (κ3) is 2.56. The average Bonchev–Trinajstić information content (AvgIpc) is 2.28. The molecule has 0 spiro atoms. The number of benzene rings is 1. The first-order chi connectivity index (χ1) is 7.38. The van der Waals surface area contributed by atoms with Crippen LogP contribution >= 0.6 is 11.6 Å². The fourth-order valence-electron chi connectivity index (χ4n) is 1.14. The van der Waals surface area contributed by atoms with Gasteiger partial charge in [0.05, 0.1) is 5.54 Å². The lowest BCUT2D eigenvalue weighted by Crippen LogP contribution is -2.43.